The fourth-order valence-electron chi connectivity index (χ4n) is 6.83. The summed E-state index contributed by atoms with van der Waals surface area (Å²) in [5.41, 5.74) is 8.77. The Hall–Kier alpha value is -6.15. The minimum absolute atomic E-state index is 0.0190. The Morgan fingerprint density at radius 1 is 0.776 bits per heavy atom. The minimum Gasteiger partial charge on any atom is -0.480 e. The van der Waals surface area contributed by atoms with Gasteiger partial charge in [-0.2, -0.15) is 0 Å². The number of carbonyl (C=O) groups excluding carboxylic acids is 5. The second-order valence-electron chi connectivity index (χ2n) is 14.9. The second-order valence-corrected chi connectivity index (χ2v) is 16.2. The molecule has 0 saturated heterocycles. The van der Waals surface area contributed by atoms with Crippen LogP contribution in [0.25, 0.3) is 0 Å². The molecule has 0 aromatic heterocycles. The molecule has 304 valence electrons. The number of carboxylic acids is 1. The van der Waals surface area contributed by atoms with Gasteiger partial charge in [0.1, 0.15) is 23.7 Å². The van der Waals surface area contributed by atoms with Crippen molar-refractivity contribution in [2.75, 3.05) is 12.3 Å². The van der Waals surface area contributed by atoms with Crippen molar-refractivity contribution in [1.29, 1.82) is 0 Å². The first-order valence-corrected chi connectivity index (χ1v) is 19.9. The van der Waals surface area contributed by atoms with Crippen LogP contribution in [0.5, 0.6) is 0 Å². The topological polar surface area (TPSA) is 197 Å². The fraction of sp³-hybridized carbons (Fsp3) is 0.318. The molecule has 58 heavy (non-hydrogen) atoms. The lowest BCUT2D eigenvalue weighted by Crippen LogP contribution is -2.58. The summed E-state index contributed by atoms with van der Waals surface area (Å²) >= 11 is 1.44. The molecule has 14 heteroatoms. The van der Waals surface area contributed by atoms with E-state index in [1.165, 1.54) is 16.7 Å². The number of nitrogens with one attached hydrogen (secondary N) is 3. The van der Waals surface area contributed by atoms with Crippen molar-refractivity contribution in [2.45, 2.75) is 75.1 Å². The average Bonchev–Trinajstić information content (AvgIpc) is 3.20. The SMILES string of the molecule is CC(C)(C)OC(=O)N[C@@H](CSC(c1ccccc1)(c1ccccc1)c1ccccc1)C(=O)NCC(=O)N1Cc2ccccc2CC1C(=O)N[C@@H](CCC(N)=O)C(=O)O. The molecule has 1 aliphatic heterocycles. The summed E-state index contributed by atoms with van der Waals surface area (Å²) in [5, 5.41) is 17.6. The zero-order valence-electron chi connectivity index (χ0n) is 32.7. The van der Waals surface area contributed by atoms with Gasteiger partial charge in [0, 0.05) is 25.1 Å². The molecule has 0 aliphatic carbocycles. The number of hydrogen-bond acceptors (Lipinski definition) is 8. The first-order valence-electron chi connectivity index (χ1n) is 18.9. The second kappa shape index (κ2) is 19.3. The summed E-state index contributed by atoms with van der Waals surface area (Å²) in [5.74, 6) is -4.03. The van der Waals surface area contributed by atoms with Crippen molar-refractivity contribution in [3.8, 4) is 0 Å². The number of aliphatic carboxylic acids is 1. The van der Waals surface area contributed by atoms with Crippen LogP contribution < -0.4 is 21.7 Å². The van der Waals surface area contributed by atoms with Crippen LogP contribution in [0.4, 0.5) is 4.79 Å². The number of ether oxygens (including phenoxy) is 1. The molecule has 1 aliphatic rings. The number of carboxylic acid groups (broad SMARTS) is 1. The van der Waals surface area contributed by atoms with Gasteiger partial charge in [0.25, 0.3) is 0 Å². The predicted octanol–water partition coefficient (Wildman–Crippen LogP) is 4.51. The molecule has 0 spiro atoms. The van der Waals surface area contributed by atoms with Crippen molar-refractivity contribution >= 4 is 47.5 Å². The Morgan fingerprint density at radius 2 is 1.29 bits per heavy atom. The van der Waals surface area contributed by atoms with Gasteiger partial charge in [0.05, 0.1) is 11.3 Å². The highest BCUT2D eigenvalue weighted by Gasteiger charge is 2.40. The number of alkyl carbamates (subject to hydrolysis) is 1. The van der Waals surface area contributed by atoms with Gasteiger partial charge in [-0.05, 0) is 55.0 Å². The van der Waals surface area contributed by atoms with E-state index in [2.05, 4.69) is 16.0 Å². The number of benzene rings is 4. The van der Waals surface area contributed by atoms with Crippen LogP contribution in [-0.4, -0.2) is 81.7 Å². The van der Waals surface area contributed by atoms with Crippen molar-refractivity contribution < 1.29 is 38.6 Å². The van der Waals surface area contributed by atoms with Crippen LogP contribution in [0.15, 0.2) is 115 Å². The number of fused-ring (bicyclic) bond motifs is 1. The number of rotatable bonds is 16. The zero-order valence-corrected chi connectivity index (χ0v) is 33.5. The van der Waals surface area contributed by atoms with Gasteiger partial charge in [0.15, 0.2) is 0 Å². The summed E-state index contributed by atoms with van der Waals surface area (Å²) in [7, 11) is 0. The molecule has 0 saturated carbocycles. The molecule has 0 bridgehead atoms. The number of nitrogens with two attached hydrogens (primary N) is 1. The van der Waals surface area contributed by atoms with Crippen LogP contribution in [0.1, 0.15) is 61.4 Å². The Morgan fingerprint density at radius 3 is 1.79 bits per heavy atom. The standard InChI is InChI=1S/C44H49N5O8S/c1-43(2,3)57-42(56)48-35(28-58-44(31-17-7-4-8-18-31,32-19-9-5-10-20-32)33-21-11-6-12-22-33)39(52)46-26-38(51)49-27-30-16-14-13-15-29(30)25-36(49)40(53)47-34(41(54)55)23-24-37(45)50/h4-22,34-36H,23-28H2,1-3H3,(H2,45,50)(H,46,52)(H,47,53)(H,48,56)(H,54,55)/t34-,35-,36?/m0/s1. The highest BCUT2D eigenvalue weighted by Crippen LogP contribution is 2.48. The van der Waals surface area contributed by atoms with E-state index in [1.807, 2.05) is 103 Å². The number of thioether (sulfide) groups is 1. The van der Waals surface area contributed by atoms with E-state index in [9.17, 15) is 33.9 Å². The van der Waals surface area contributed by atoms with E-state index in [1.54, 1.807) is 32.9 Å². The summed E-state index contributed by atoms with van der Waals surface area (Å²) in [4.78, 5) is 79.7. The zero-order chi connectivity index (χ0) is 41.9. The maximum atomic E-state index is 14.2. The maximum Gasteiger partial charge on any atom is 0.408 e. The first kappa shape index (κ1) is 43.0. The lowest BCUT2D eigenvalue weighted by Gasteiger charge is -2.37. The monoisotopic (exact) mass is 807 g/mol. The third-order valence-corrected chi connectivity index (χ3v) is 11.2. The number of hydrogen-bond donors (Lipinski definition) is 5. The van der Waals surface area contributed by atoms with Crippen LogP contribution in [0, 0.1) is 0 Å². The number of carbonyl (C=O) groups is 6. The van der Waals surface area contributed by atoms with E-state index in [-0.39, 0.29) is 31.6 Å². The van der Waals surface area contributed by atoms with Crippen LogP contribution in [-0.2, 0) is 46.4 Å². The van der Waals surface area contributed by atoms with E-state index in [0.29, 0.717) is 0 Å². The Balaban J connectivity index is 1.41. The van der Waals surface area contributed by atoms with E-state index in [4.69, 9.17) is 10.5 Å². The highest BCUT2D eigenvalue weighted by atomic mass is 32.2. The quantitative estimate of drug-likeness (QED) is 0.101. The average molecular weight is 808 g/mol. The third kappa shape index (κ3) is 11.0. The normalized spacial score (nSPS) is 14.9. The molecule has 3 atom stereocenters. The van der Waals surface area contributed by atoms with Crippen LogP contribution in [0.2, 0.25) is 0 Å². The summed E-state index contributed by atoms with van der Waals surface area (Å²) in [6.45, 7) is 4.61. The maximum absolute atomic E-state index is 14.2. The smallest absolute Gasteiger partial charge is 0.408 e. The number of primary amides is 1. The van der Waals surface area contributed by atoms with Gasteiger partial charge in [0.2, 0.25) is 23.6 Å². The van der Waals surface area contributed by atoms with Gasteiger partial charge in [-0.25, -0.2) is 9.59 Å². The molecule has 5 amide bonds. The lowest BCUT2D eigenvalue weighted by molar-refractivity contribution is -0.145. The van der Waals surface area contributed by atoms with Gasteiger partial charge in [-0.3, -0.25) is 19.2 Å². The first-order chi connectivity index (χ1) is 27.7. The highest BCUT2D eigenvalue weighted by molar-refractivity contribution is 8.00. The molecule has 0 fully saturated rings. The molecular weight excluding hydrogens is 759 g/mol. The molecular formula is C44H49N5O8S. The summed E-state index contributed by atoms with van der Waals surface area (Å²) < 4.78 is 4.72. The van der Waals surface area contributed by atoms with Crippen LogP contribution >= 0.6 is 11.8 Å². The third-order valence-electron chi connectivity index (χ3n) is 9.59. The number of amides is 5. The van der Waals surface area contributed by atoms with Gasteiger partial charge < -0.3 is 36.4 Å². The van der Waals surface area contributed by atoms with E-state index >= 15 is 0 Å². The van der Waals surface area contributed by atoms with Crippen molar-refractivity contribution in [3.05, 3.63) is 143 Å². The molecule has 4 aromatic rings. The van der Waals surface area contributed by atoms with E-state index < -0.39 is 70.7 Å². The molecule has 1 heterocycles. The van der Waals surface area contributed by atoms with Crippen molar-refractivity contribution in [1.82, 2.24) is 20.9 Å². The van der Waals surface area contributed by atoms with Crippen molar-refractivity contribution in [3.63, 3.8) is 0 Å². The fourth-order valence-corrected chi connectivity index (χ4v) is 8.39. The molecule has 13 nitrogen and oxygen atoms in total. The largest absolute Gasteiger partial charge is 0.480 e. The molecule has 0 radical (unpaired) electrons. The number of nitrogens with zero attached hydrogens (tertiary/aromatic N) is 1. The van der Waals surface area contributed by atoms with Gasteiger partial charge in [-0.1, -0.05) is 115 Å². The Kier molecular flexibility index (Phi) is 14.3. The Bertz CT molecular complexity index is 1980. The molecule has 4 aromatic carbocycles. The van der Waals surface area contributed by atoms with E-state index in [0.717, 1.165) is 27.8 Å². The molecule has 5 rings (SSSR count). The minimum atomic E-state index is -1.42. The predicted molar refractivity (Wildman–Crippen MR) is 220 cm³/mol. The molecule has 6 N–H and O–H groups in total. The van der Waals surface area contributed by atoms with Crippen LogP contribution in [0.3, 0.4) is 0 Å². The summed E-state index contributed by atoms with van der Waals surface area (Å²) in [6.07, 6.45) is -1.23. The van der Waals surface area contributed by atoms with Gasteiger partial charge in [-0.15, -0.1) is 11.8 Å². The summed E-state index contributed by atoms with van der Waals surface area (Å²) in [6, 6.07) is 33.1. The lowest BCUT2D eigenvalue weighted by atomic mass is 9.84. The van der Waals surface area contributed by atoms with Gasteiger partial charge >= 0.3 is 12.1 Å². The Labute approximate surface area is 342 Å². The molecule has 1 unspecified atom stereocenters. The van der Waals surface area contributed by atoms with Crippen molar-refractivity contribution in [2.24, 2.45) is 5.73 Å².